The van der Waals surface area contributed by atoms with Crippen molar-refractivity contribution >= 4 is 11.9 Å². The Labute approximate surface area is 109 Å². The van der Waals surface area contributed by atoms with Crippen molar-refractivity contribution in [1.82, 2.24) is 20.0 Å². The number of carbonyl (C=O) groups excluding carboxylic acids is 2. The van der Waals surface area contributed by atoms with Gasteiger partial charge in [0, 0.05) is 46.3 Å². The van der Waals surface area contributed by atoms with Gasteiger partial charge in [-0.25, -0.2) is 4.79 Å². The highest BCUT2D eigenvalue weighted by Crippen LogP contribution is 2.04. The SMILES string of the molecule is CC(C)NCC(=O)N1CCN(C(=O)N(C)C)CC1. The van der Waals surface area contributed by atoms with Crippen LogP contribution in [0.1, 0.15) is 13.8 Å². The van der Waals surface area contributed by atoms with E-state index in [-0.39, 0.29) is 11.9 Å². The van der Waals surface area contributed by atoms with Crippen LogP contribution in [-0.4, -0.2) is 79.5 Å². The molecule has 0 atom stereocenters. The standard InChI is InChI=1S/C12H24N4O2/c1-10(2)13-9-11(17)15-5-7-16(8-6-15)12(18)14(3)4/h10,13H,5-9H2,1-4H3. The van der Waals surface area contributed by atoms with Crippen LogP contribution in [0.25, 0.3) is 0 Å². The van der Waals surface area contributed by atoms with E-state index in [9.17, 15) is 9.59 Å². The lowest BCUT2D eigenvalue weighted by atomic mass is 10.3. The molecule has 0 aromatic carbocycles. The zero-order valence-electron chi connectivity index (χ0n) is 11.8. The second-order valence-corrected chi connectivity index (χ2v) is 5.08. The molecule has 1 rings (SSSR count). The minimum Gasteiger partial charge on any atom is -0.338 e. The molecule has 1 fully saturated rings. The van der Waals surface area contributed by atoms with Crippen LogP contribution in [0.4, 0.5) is 4.79 Å². The lowest BCUT2D eigenvalue weighted by Crippen LogP contribution is -2.54. The molecule has 0 bridgehead atoms. The summed E-state index contributed by atoms with van der Waals surface area (Å²) in [5.41, 5.74) is 0. The number of hydrogen-bond donors (Lipinski definition) is 1. The molecule has 0 aromatic rings. The summed E-state index contributed by atoms with van der Waals surface area (Å²) in [6.07, 6.45) is 0. The first-order valence-electron chi connectivity index (χ1n) is 6.39. The Morgan fingerprint density at radius 1 is 1.11 bits per heavy atom. The number of rotatable bonds is 3. The first-order chi connectivity index (χ1) is 8.41. The summed E-state index contributed by atoms with van der Waals surface area (Å²) in [5.74, 6) is 0.112. The van der Waals surface area contributed by atoms with Gasteiger partial charge in [-0.1, -0.05) is 13.8 Å². The van der Waals surface area contributed by atoms with E-state index in [1.54, 1.807) is 23.9 Å². The number of piperazine rings is 1. The molecule has 0 radical (unpaired) electrons. The van der Waals surface area contributed by atoms with Crippen molar-refractivity contribution in [2.24, 2.45) is 0 Å². The van der Waals surface area contributed by atoms with E-state index in [1.165, 1.54) is 0 Å². The number of hydrogen-bond acceptors (Lipinski definition) is 3. The summed E-state index contributed by atoms with van der Waals surface area (Å²) in [6, 6.07) is 0.327. The van der Waals surface area contributed by atoms with Crippen molar-refractivity contribution in [2.75, 3.05) is 46.8 Å². The smallest absolute Gasteiger partial charge is 0.319 e. The molecule has 1 aliphatic rings. The van der Waals surface area contributed by atoms with Crippen molar-refractivity contribution < 1.29 is 9.59 Å². The van der Waals surface area contributed by atoms with Gasteiger partial charge in [-0.15, -0.1) is 0 Å². The third-order valence-corrected chi connectivity index (χ3v) is 2.95. The molecule has 0 spiro atoms. The summed E-state index contributed by atoms with van der Waals surface area (Å²) in [5, 5.41) is 3.11. The lowest BCUT2D eigenvalue weighted by molar-refractivity contribution is -0.131. The molecule has 3 amide bonds. The molecule has 1 saturated heterocycles. The minimum absolute atomic E-state index is 0.0161. The van der Waals surface area contributed by atoms with Crippen LogP contribution in [0.15, 0.2) is 0 Å². The summed E-state index contributed by atoms with van der Waals surface area (Å²) >= 11 is 0. The first kappa shape index (κ1) is 14.8. The highest BCUT2D eigenvalue weighted by Gasteiger charge is 2.24. The summed E-state index contributed by atoms with van der Waals surface area (Å²) < 4.78 is 0. The molecule has 6 heteroatoms. The Balaban J connectivity index is 2.35. The largest absolute Gasteiger partial charge is 0.338 e. The van der Waals surface area contributed by atoms with Gasteiger partial charge in [-0.2, -0.15) is 0 Å². The maximum absolute atomic E-state index is 11.9. The highest BCUT2D eigenvalue weighted by atomic mass is 16.2. The van der Waals surface area contributed by atoms with E-state index in [4.69, 9.17) is 0 Å². The lowest BCUT2D eigenvalue weighted by Gasteiger charge is -2.36. The predicted molar refractivity (Wildman–Crippen MR) is 70.4 cm³/mol. The van der Waals surface area contributed by atoms with Crippen molar-refractivity contribution in [3.8, 4) is 0 Å². The first-order valence-corrected chi connectivity index (χ1v) is 6.39. The van der Waals surface area contributed by atoms with E-state index in [2.05, 4.69) is 5.32 Å². The fourth-order valence-electron chi connectivity index (χ4n) is 1.83. The van der Waals surface area contributed by atoms with Crippen LogP contribution in [0.3, 0.4) is 0 Å². The number of urea groups is 1. The Morgan fingerprint density at radius 2 is 1.61 bits per heavy atom. The molecular formula is C12H24N4O2. The summed E-state index contributed by atoms with van der Waals surface area (Å²) in [4.78, 5) is 28.7. The van der Waals surface area contributed by atoms with E-state index in [1.807, 2.05) is 18.7 Å². The van der Waals surface area contributed by atoms with E-state index in [0.717, 1.165) is 0 Å². The zero-order valence-corrected chi connectivity index (χ0v) is 11.8. The maximum atomic E-state index is 11.9. The highest BCUT2D eigenvalue weighted by molar-refractivity contribution is 5.79. The Bertz CT molecular complexity index is 296. The third-order valence-electron chi connectivity index (χ3n) is 2.95. The van der Waals surface area contributed by atoms with Crippen LogP contribution in [0.2, 0.25) is 0 Å². The van der Waals surface area contributed by atoms with E-state index in [0.29, 0.717) is 38.8 Å². The second-order valence-electron chi connectivity index (χ2n) is 5.08. The van der Waals surface area contributed by atoms with Gasteiger partial charge in [0.05, 0.1) is 6.54 Å². The molecule has 1 N–H and O–H groups in total. The average molecular weight is 256 g/mol. The van der Waals surface area contributed by atoms with Crippen molar-refractivity contribution in [3.63, 3.8) is 0 Å². The van der Waals surface area contributed by atoms with Crippen LogP contribution in [-0.2, 0) is 4.79 Å². The Hall–Kier alpha value is -1.30. The molecule has 104 valence electrons. The predicted octanol–water partition coefficient (Wildman–Crippen LogP) is -0.190. The molecule has 0 aliphatic carbocycles. The van der Waals surface area contributed by atoms with Gasteiger partial charge < -0.3 is 20.0 Å². The number of nitrogens with zero attached hydrogens (tertiary/aromatic N) is 3. The van der Waals surface area contributed by atoms with Crippen molar-refractivity contribution in [1.29, 1.82) is 0 Å². The fourth-order valence-corrected chi connectivity index (χ4v) is 1.83. The van der Waals surface area contributed by atoms with Crippen LogP contribution in [0.5, 0.6) is 0 Å². The molecule has 18 heavy (non-hydrogen) atoms. The Kier molecular flexibility index (Phi) is 5.40. The third kappa shape index (κ3) is 4.18. The van der Waals surface area contributed by atoms with Gasteiger partial charge in [0.15, 0.2) is 0 Å². The van der Waals surface area contributed by atoms with Crippen LogP contribution < -0.4 is 5.32 Å². The molecule has 1 aliphatic heterocycles. The fraction of sp³-hybridized carbons (Fsp3) is 0.833. The molecule has 0 aromatic heterocycles. The molecule has 0 saturated carbocycles. The van der Waals surface area contributed by atoms with Gasteiger partial charge >= 0.3 is 6.03 Å². The number of amides is 3. The van der Waals surface area contributed by atoms with Gasteiger partial charge in [-0.3, -0.25) is 4.79 Å². The molecule has 1 heterocycles. The second kappa shape index (κ2) is 6.58. The van der Waals surface area contributed by atoms with Gasteiger partial charge in [0.25, 0.3) is 0 Å². The zero-order chi connectivity index (χ0) is 13.7. The van der Waals surface area contributed by atoms with E-state index >= 15 is 0 Å². The number of nitrogens with one attached hydrogen (secondary N) is 1. The monoisotopic (exact) mass is 256 g/mol. The van der Waals surface area contributed by atoms with Crippen molar-refractivity contribution in [3.05, 3.63) is 0 Å². The average Bonchev–Trinajstić information content (AvgIpc) is 2.35. The maximum Gasteiger partial charge on any atom is 0.319 e. The van der Waals surface area contributed by atoms with Crippen molar-refractivity contribution in [2.45, 2.75) is 19.9 Å². The van der Waals surface area contributed by atoms with Crippen LogP contribution >= 0.6 is 0 Å². The van der Waals surface area contributed by atoms with Crippen LogP contribution in [0, 0.1) is 0 Å². The molecular weight excluding hydrogens is 232 g/mol. The normalized spacial score (nSPS) is 16.1. The van der Waals surface area contributed by atoms with Gasteiger partial charge in [0.1, 0.15) is 0 Å². The quantitative estimate of drug-likeness (QED) is 0.761. The minimum atomic E-state index is 0.0161. The van der Waals surface area contributed by atoms with Gasteiger partial charge in [0.2, 0.25) is 5.91 Å². The summed E-state index contributed by atoms with van der Waals surface area (Å²) in [6.45, 7) is 6.88. The van der Waals surface area contributed by atoms with Gasteiger partial charge in [-0.05, 0) is 0 Å². The topological polar surface area (TPSA) is 55.9 Å². The molecule has 6 nitrogen and oxygen atoms in total. The number of carbonyl (C=O) groups is 2. The summed E-state index contributed by atoms with van der Waals surface area (Å²) in [7, 11) is 3.48. The molecule has 0 unspecified atom stereocenters. The van der Waals surface area contributed by atoms with E-state index < -0.39 is 0 Å². The Morgan fingerprint density at radius 3 is 2.06 bits per heavy atom.